The van der Waals surface area contributed by atoms with Crippen molar-refractivity contribution in [3.63, 3.8) is 0 Å². The van der Waals surface area contributed by atoms with E-state index in [2.05, 4.69) is 0 Å². The fourth-order valence-corrected chi connectivity index (χ4v) is 0. The molecule has 0 amide bonds. The first-order chi connectivity index (χ1) is 0. The van der Waals surface area contributed by atoms with Crippen LogP contribution in [0.5, 0.6) is 0 Å². The zero-order valence-corrected chi connectivity index (χ0v) is 10.0. The Hall–Kier alpha value is 2.32. The van der Waals surface area contributed by atoms with Gasteiger partial charge in [-0.15, -0.1) is 74.4 Å². The number of rotatable bonds is 0. The summed E-state index contributed by atoms with van der Waals surface area (Å²) in [6, 6.07) is 0. The van der Waals surface area contributed by atoms with E-state index >= 15 is 0 Å². The van der Waals surface area contributed by atoms with Crippen LogP contribution in [-0.4, -0.2) is 0 Å². The monoisotopic (exact) mass is 336 g/mol. The van der Waals surface area contributed by atoms with E-state index in [1.54, 1.807) is 0 Å². The Labute approximate surface area is 99.3 Å². The quantitative estimate of drug-likeness (QED) is 0.677. The molecule has 0 aliphatic carbocycles. The van der Waals surface area contributed by atoms with Crippen molar-refractivity contribution >= 4 is 74.4 Å². The molecule has 0 saturated carbocycles. The van der Waals surface area contributed by atoms with Gasteiger partial charge in [0.25, 0.3) is 0 Å². The largest absolute Gasteiger partial charge is 0.344 e. The van der Waals surface area contributed by atoms with Gasteiger partial charge in [-0.2, -0.15) is 0 Å². The maximum absolute atomic E-state index is 0. The summed E-state index contributed by atoms with van der Waals surface area (Å²) in [6.45, 7) is 0. The van der Waals surface area contributed by atoms with Gasteiger partial charge in [-0.1, -0.05) is 0 Å². The molecule has 0 bridgehead atoms. The summed E-state index contributed by atoms with van der Waals surface area (Å²) in [7, 11) is 0. The first-order valence-electron chi connectivity index (χ1n) is 0. The third-order valence-corrected chi connectivity index (χ3v) is 0. The minimum atomic E-state index is 0. The smallest absolute Gasteiger partial charge is 0 e. The van der Waals surface area contributed by atoms with Crippen molar-refractivity contribution in [3.05, 3.63) is 0 Å². The Morgan fingerprint density at radius 1 is 0.375 bits per heavy atom. The first-order valence-corrected chi connectivity index (χ1v) is 0. The molecule has 8 heavy (non-hydrogen) atoms. The van der Waals surface area contributed by atoms with Crippen LogP contribution in [0.1, 0.15) is 0 Å². The Balaban J connectivity index is 0. The van der Waals surface area contributed by atoms with Crippen LogP contribution in [0, 0.1) is 0 Å². The molecule has 0 unspecified atom stereocenters. The molecular formula is H9Cl6NRh. The van der Waals surface area contributed by atoms with Gasteiger partial charge in [0.15, 0.2) is 0 Å². The maximum Gasteiger partial charge on any atom is 0 e. The molecule has 0 aromatic carbocycles. The topological polar surface area (TPSA) is 35.0 Å². The normalized spacial score (nSPS) is 0. The van der Waals surface area contributed by atoms with Crippen molar-refractivity contribution in [2.75, 3.05) is 0 Å². The van der Waals surface area contributed by atoms with Crippen molar-refractivity contribution in [3.8, 4) is 0 Å². The van der Waals surface area contributed by atoms with Crippen molar-refractivity contribution in [2.45, 2.75) is 0 Å². The van der Waals surface area contributed by atoms with Gasteiger partial charge in [0.2, 0.25) is 0 Å². The Bertz CT molecular complexity index is 8.49. The SMILES string of the molecule is Cl.Cl.Cl.Cl.Cl.Cl.N.[Rh]. The number of hydrogen-bond acceptors (Lipinski definition) is 1. The van der Waals surface area contributed by atoms with Crippen LogP contribution >= 0.6 is 74.4 Å². The summed E-state index contributed by atoms with van der Waals surface area (Å²) in [6.07, 6.45) is 0. The molecule has 0 aromatic heterocycles. The van der Waals surface area contributed by atoms with Gasteiger partial charge < -0.3 is 6.15 Å². The summed E-state index contributed by atoms with van der Waals surface area (Å²) in [5.74, 6) is 0. The molecule has 65 valence electrons. The van der Waals surface area contributed by atoms with Crippen molar-refractivity contribution in [1.82, 2.24) is 6.15 Å². The van der Waals surface area contributed by atoms with Gasteiger partial charge in [-0.25, -0.2) is 0 Å². The third kappa shape index (κ3) is 82.7. The zero-order valence-electron chi connectivity index (χ0n) is 3.49. The Kier molecular flexibility index (Phi) is 2490. The van der Waals surface area contributed by atoms with Crippen LogP contribution < -0.4 is 6.15 Å². The molecule has 3 N–H and O–H groups in total. The molecule has 0 aliphatic heterocycles. The van der Waals surface area contributed by atoms with E-state index in [9.17, 15) is 0 Å². The fraction of sp³-hybridized carbons (Fsp3) is 0. The van der Waals surface area contributed by atoms with E-state index in [1.165, 1.54) is 0 Å². The van der Waals surface area contributed by atoms with Gasteiger partial charge in [0, 0.05) is 19.5 Å². The van der Waals surface area contributed by atoms with E-state index in [0.29, 0.717) is 0 Å². The van der Waals surface area contributed by atoms with E-state index in [4.69, 9.17) is 0 Å². The average Bonchev–Trinajstić information content (AvgIpc) is 0. The third-order valence-electron chi connectivity index (χ3n) is 0. The summed E-state index contributed by atoms with van der Waals surface area (Å²) in [5.41, 5.74) is 0. The standard InChI is InChI=1S/6ClH.H3N.Rh/h6*1H;1H3;. The van der Waals surface area contributed by atoms with E-state index in [0.717, 1.165) is 0 Å². The minimum absolute atomic E-state index is 0. The molecule has 0 fully saturated rings. The molecule has 0 aliphatic rings. The maximum atomic E-state index is 0. The van der Waals surface area contributed by atoms with Gasteiger partial charge in [-0.05, 0) is 0 Å². The van der Waals surface area contributed by atoms with Gasteiger partial charge >= 0.3 is 0 Å². The Morgan fingerprint density at radius 3 is 0.375 bits per heavy atom. The van der Waals surface area contributed by atoms with Crippen molar-refractivity contribution in [1.29, 1.82) is 0 Å². The molecule has 0 rings (SSSR count). The predicted octanol–water partition coefficient (Wildman–Crippen LogP) is 2.69. The van der Waals surface area contributed by atoms with Crippen LogP contribution in [0.4, 0.5) is 0 Å². The van der Waals surface area contributed by atoms with Gasteiger partial charge in [0.05, 0.1) is 0 Å². The summed E-state index contributed by atoms with van der Waals surface area (Å²) in [4.78, 5) is 0. The molecule has 0 saturated heterocycles. The summed E-state index contributed by atoms with van der Waals surface area (Å²) < 4.78 is 0. The second kappa shape index (κ2) is 120. The molecular weight excluding hydrogens is 330 g/mol. The first kappa shape index (κ1) is 166. The average molecular weight is 339 g/mol. The second-order valence-electron chi connectivity index (χ2n) is 0. The van der Waals surface area contributed by atoms with Crippen molar-refractivity contribution < 1.29 is 19.5 Å². The fourth-order valence-electron chi connectivity index (χ4n) is 0. The summed E-state index contributed by atoms with van der Waals surface area (Å²) >= 11 is 0. The molecule has 0 spiro atoms. The number of halogens is 6. The van der Waals surface area contributed by atoms with E-state index in [-0.39, 0.29) is 100 Å². The Morgan fingerprint density at radius 2 is 0.375 bits per heavy atom. The summed E-state index contributed by atoms with van der Waals surface area (Å²) in [5, 5.41) is 0. The second-order valence-corrected chi connectivity index (χ2v) is 0. The minimum Gasteiger partial charge on any atom is -0.344 e. The van der Waals surface area contributed by atoms with Crippen LogP contribution in [0.3, 0.4) is 0 Å². The molecule has 0 atom stereocenters. The molecule has 8 heteroatoms. The van der Waals surface area contributed by atoms with Crippen LogP contribution in [0.25, 0.3) is 0 Å². The van der Waals surface area contributed by atoms with Gasteiger partial charge in [0.1, 0.15) is 0 Å². The molecule has 0 heterocycles. The molecule has 1 nitrogen and oxygen atoms in total. The molecule has 1 radical (unpaired) electrons. The van der Waals surface area contributed by atoms with Gasteiger partial charge in [-0.3, -0.25) is 0 Å². The van der Waals surface area contributed by atoms with Crippen LogP contribution in [-0.2, 0) is 19.5 Å². The zero-order chi connectivity index (χ0) is 0. The van der Waals surface area contributed by atoms with E-state index < -0.39 is 0 Å². The predicted molar refractivity (Wildman–Crippen MR) is 48.5 cm³/mol. The number of hydrogen-bond donors (Lipinski definition) is 1. The van der Waals surface area contributed by atoms with E-state index in [1.807, 2.05) is 0 Å². The molecule has 0 aromatic rings. The van der Waals surface area contributed by atoms with Crippen molar-refractivity contribution in [2.24, 2.45) is 0 Å². The van der Waals surface area contributed by atoms with Crippen LogP contribution in [0.2, 0.25) is 0 Å². The van der Waals surface area contributed by atoms with Crippen LogP contribution in [0.15, 0.2) is 0 Å².